The van der Waals surface area contributed by atoms with Crippen LogP contribution in [0.5, 0.6) is 11.5 Å². The first-order valence-corrected chi connectivity index (χ1v) is 9.18. The number of nitrogens with zero attached hydrogens (tertiary/aromatic N) is 2. The molecule has 1 aliphatic rings. The number of methoxy groups -OCH3 is 2. The van der Waals surface area contributed by atoms with Crippen molar-refractivity contribution in [2.75, 3.05) is 52.3 Å². The highest BCUT2D eigenvalue weighted by Crippen LogP contribution is 2.29. The number of rotatable bonds is 7. The lowest BCUT2D eigenvalue weighted by Gasteiger charge is -2.34. The maximum atomic E-state index is 12.4. The smallest absolute Gasteiger partial charge is 0.238 e. The van der Waals surface area contributed by atoms with Gasteiger partial charge in [0.1, 0.15) is 0 Å². The van der Waals surface area contributed by atoms with E-state index in [1.165, 1.54) is 5.56 Å². The third kappa shape index (κ3) is 5.45. The van der Waals surface area contributed by atoms with Crippen molar-refractivity contribution in [2.45, 2.75) is 6.54 Å². The average molecular weight is 369 g/mol. The van der Waals surface area contributed by atoms with E-state index in [0.29, 0.717) is 23.7 Å². The Hall–Kier alpha value is -2.57. The number of nitrogens with one attached hydrogen (secondary N) is 1. The summed E-state index contributed by atoms with van der Waals surface area (Å²) in [5.74, 6) is 1.23. The Labute approximate surface area is 160 Å². The summed E-state index contributed by atoms with van der Waals surface area (Å²) >= 11 is 0. The molecule has 3 rings (SSSR count). The zero-order valence-electron chi connectivity index (χ0n) is 16.0. The Morgan fingerprint density at radius 3 is 2.26 bits per heavy atom. The molecule has 144 valence electrons. The van der Waals surface area contributed by atoms with Gasteiger partial charge in [-0.2, -0.15) is 0 Å². The monoisotopic (exact) mass is 369 g/mol. The van der Waals surface area contributed by atoms with Crippen LogP contribution in [0.25, 0.3) is 0 Å². The van der Waals surface area contributed by atoms with Gasteiger partial charge in [0, 0.05) is 44.5 Å². The van der Waals surface area contributed by atoms with Crippen molar-refractivity contribution < 1.29 is 14.3 Å². The molecule has 2 aromatic carbocycles. The van der Waals surface area contributed by atoms with E-state index in [9.17, 15) is 4.79 Å². The normalized spacial score (nSPS) is 15.3. The van der Waals surface area contributed by atoms with Crippen LogP contribution in [0, 0.1) is 0 Å². The molecule has 0 radical (unpaired) electrons. The standard InChI is InChI=1S/C21H27N3O3/c1-26-19-9-8-18(14-20(19)27-2)22-21(25)16-24-12-10-23(11-13-24)15-17-6-4-3-5-7-17/h3-9,14H,10-13,15-16H2,1-2H3,(H,22,25). The van der Waals surface area contributed by atoms with Crippen molar-refractivity contribution in [1.82, 2.24) is 9.80 Å². The minimum Gasteiger partial charge on any atom is -0.493 e. The van der Waals surface area contributed by atoms with Crippen molar-refractivity contribution in [2.24, 2.45) is 0 Å². The summed E-state index contributed by atoms with van der Waals surface area (Å²) in [6, 6.07) is 15.9. The van der Waals surface area contributed by atoms with E-state index < -0.39 is 0 Å². The highest BCUT2D eigenvalue weighted by molar-refractivity contribution is 5.92. The average Bonchev–Trinajstić information content (AvgIpc) is 2.70. The lowest BCUT2D eigenvalue weighted by Crippen LogP contribution is -2.48. The van der Waals surface area contributed by atoms with Crippen LogP contribution in [0.2, 0.25) is 0 Å². The molecule has 2 aromatic rings. The van der Waals surface area contributed by atoms with E-state index in [-0.39, 0.29) is 5.91 Å². The van der Waals surface area contributed by atoms with Gasteiger partial charge >= 0.3 is 0 Å². The fourth-order valence-electron chi connectivity index (χ4n) is 3.26. The van der Waals surface area contributed by atoms with Crippen LogP contribution in [-0.4, -0.2) is 62.7 Å². The number of anilines is 1. The first kappa shape index (κ1) is 19.2. The van der Waals surface area contributed by atoms with Crippen LogP contribution in [0.1, 0.15) is 5.56 Å². The predicted octanol–water partition coefficient (Wildman–Crippen LogP) is 2.46. The van der Waals surface area contributed by atoms with Crippen molar-refractivity contribution in [3.63, 3.8) is 0 Å². The number of carbonyl (C=O) groups excluding carboxylic acids is 1. The lowest BCUT2D eigenvalue weighted by molar-refractivity contribution is -0.117. The fourth-order valence-corrected chi connectivity index (χ4v) is 3.26. The van der Waals surface area contributed by atoms with Gasteiger partial charge in [0.15, 0.2) is 11.5 Å². The van der Waals surface area contributed by atoms with E-state index in [4.69, 9.17) is 9.47 Å². The summed E-state index contributed by atoms with van der Waals surface area (Å²) in [7, 11) is 3.17. The molecule has 0 aromatic heterocycles. The number of carbonyl (C=O) groups is 1. The minimum absolute atomic E-state index is 0.0151. The Kier molecular flexibility index (Phi) is 6.68. The van der Waals surface area contributed by atoms with E-state index in [0.717, 1.165) is 32.7 Å². The molecule has 6 heteroatoms. The number of piperazine rings is 1. The summed E-state index contributed by atoms with van der Waals surface area (Å²) in [4.78, 5) is 17.0. The van der Waals surface area contributed by atoms with Crippen LogP contribution < -0.4 is 14.8 Å². The van der Waals surface area contributed by atoms with Gasteiger partial charge in [0.25, 0.3) is 0 Å². The number of ether oxygens (including phenoxy) is 2. The van der Waals surface area contributed by atoms with Crippen molar-refractivity contribution in [3.8, 4) is 11.5 Å². The van der Waals surface area contributed by atoms with Crippen molar-refractivity contribution in [1.29, 1.82) is 0 Å². The topological polar surface area (TPSA) is 54.0 Å². The van der Waals surface area contributed by atoms with Crippen LogP contribution in [0.3, 0.4) is 0 Å². The molecule has 1 amide bonds. The molecule has 1 aliphatic heterocycles. The van der Waals surface area contributed by atoms with Gasteiger partial charge in [-0.15, -0.1) is 0 Å². The molecule has 6 nitrogen and oxygen atoms in total. The van der Waals surface area contributed by atoms with Gasteiger partial charge in [-0.3, -0.25) is 14.6 Å². The van der Waals surface area contributed by atoms with E-state index in [2.05, 4.69) is 39.4 Å². The number of hydrogen-bond donors (Lipinski definition) is 1. The maximum absolute atomic E-state index is 12.4. The van der Waals surface area contributed by atoms with Crippen molar-refractivity contribution in [3.05, 3.63) is 54.1 Å². The van der Waals surface area contributed by atoms with Gasteiger partial charge in [0.2, 0.25) is 5.91 Å². The second-order valence-electron chi connectivity index (χ2n) is 6.66. The molecule has 27 heavy (non-hydrogen) atoms. The molecule has 1 N–H and O–H groups in total. The van der Waals surface area contributed by atoms with Crippen LogP contribution in [-0.2, 0) is 11.3 Å². The maximum Gasteiger partial charge on any atom is 0.238 e. The summed E-state index contributed by atoms with van der Waals surface area (Å²) in [6.07, 6.45) is 0. The fraction of sp³-hybridized carbons (Fsp3) is 0.381. The summed E-state index contributed by atoms with van der Waals surface area (Å²) in [6.45, 7) is 5.09. The third-order valence-electron chi connectivity index (χ3n) is 4.75. The number of benzene rings is 2. The van der Waals surface area contributed by atoms with Crippen molar-refractivity contribution >= 4 is 11.6 Å². The van der Waals surface area contributed by atoms with Gasteiger partial charge < -0.3 is 14.8 Å². The molecular weight excluding hydrogens is 342 g/mol. The molecule has 0 atom stereocenters. The van der Waals surface area contributed by atoms with E-state index in [1.807, 2.05) is 12.1 Å². The second kappa shape index (κ2) is 9.39. The Balaban J connectivity index is 1.45. The zero-order chi connectivity index (χ0) is 19.1. The lowest BCUT2D eigenvalue weighted by atomic mass is 10.2. The van der Waals surface area contributed by atoms with Crippen LogP contribution >= 0.6 is 0 Å². The Morgan fingerprint density at radius 2 is 1.59 bits per heavy atom. The van der Waals surface area contributed by atoms with Gasteiger partial charge in [-0.05, 0) is 17.7 Å². The number of amides is 1. The Bertz CT molecular complexity index is 744. The summed E-state index contributed by atoms with van der Waals surface area (Å²) in [5, 5.41) is 2.94. The Morgan fingerprint density at radius 1 is 0.926 bits per heavy atom. The molecule has 1 heterocycles. The molecule has 0 unspecified atom stereocenters. The molecule has 0 bridgehead atoms. The first-order chi connectivity index (χ1) is 13.2. The van der Waals surface area contributed by atoms with Gasteiger partial charge in [-0.25, -0.2) is 0 Å². The number of hydrogen-bond acceptors (Lipinski definition) is 5. The first-order valence-electron chi connectivity index (χ1n) is 9.18. The quantitative estimate of drug-likeness (QED) is 0.813. The highest BCUT2D eigenvalue weighted by atomic mass is 16.5. The van der Waals surface area contributed by atoms with Gasteiger partial charge in [0.05, 0.1) is 20.8 Å². The predicted molar refractivity (Wildman–Crippen MR) is 106 cm³/mol. The summed E-state index contributed by atoms with van der Waals surface area (Å²) < 4.78 is 10.5. The SMILES string of the molecule is COc1ccc(NC(=O)CN2CCN(Cc3ccccc3)CC2)cc1OC. The minimum atomic E-state index is -0.0151. The molecule has 0 spiro atoms. The van der Waals surface area contributed by atoms with E-state index in [1.54, 1.807) is 26.4 Å². The van der Waals surface area contributed by atoms with Crippen LogP contribution in [0.4, 0.5) is 5.69 Å². The molecule has 0 saturated carbocycles. The molecule has 0 aliphatic carbocycles. The largest absolute Gasteiger partial charge is 0.493 e. The third-order valence-corrected chi connectivity index (χ3v) is 4.75. The molecule has 1 fully saturated rings. The summed E-state index contributed by atoms with van der Waals surface area (Å²) in [5.41, 5.74) is 2.04. The highest BCUT2D eigenvalue weighted by Gasteiger charge is 2.19. The molecule has 1 saturated heterocycles. The molecular formula is C21H27N3O3. The second-order valence-corrected chi connectivity index (χ2v) is 6.66. The zero-order valence-corrected chi connectivity index (χ0v) is 16.0. The van der Waals surface area contributed by atoms with E-state index >= 15 is 0 Å². The van der Waals surface area contributed by atoms with Crippen LogP contribution in [0.15, 0.2) is 48.5 Å². The van der Waals surface area contributed by atoms with Gasteiger partial charge in [-0.1, -0.05) is 30.3 Å².